The second-order valence-corrected chi connectivity index (χ2v) is 4.12. The molecule has 0 unspecified atom stereocenters. The molecular weight excluding hydrogens is 164 g/mol. The smallest absolute Gasteiger partial charge is 0.409 e. The lowest BCUT2D eigenvalue weighted by molar-refractivity contribution is 0.500. The van der Waals surface area contributed by atoms with E-state index >= 15 is 0 Å². The number of hydrogen-bond donors (Lipinski definition) is 0. The maximum Gasteiger partial charge on any atom is 0.409 e. The average Bonchev–Trinajstić information content (AvgIpc) is 1.89. The second kappa shape index (κ2) is 8.57. The van der Waals surface area contributed by atoms with Crippen molar-refractivity contribution in [1.82, 2.24) is 0 Å². The molecule has 0 N–H and O–H groups in total. The van der Waals surface area contributed by atoms with Gasteiger partial charge in [-0.3, -0.25) is 0 Å². The van der Waals surface area contributed by atoms with Gasteiger partial charge in [0.15, 0.2) is 0 Å². The average molecular weight is 173 g/mol. The van der Waals surface area contributed by atoms with Gasteiger partial charge in [0.05, 0.1) is 0 Å². The van der Waals surface area contributed by atoms with Crippen LogP contribution in [0.3, 0.4) is 0 Å². The van der Waals surface area contributed by atoms with Gasteiger partial charge in [-0.05, 0) is 6.04 Å². The Bertz CT molecular complexity index is 47.1. The van der Waals surface area contributed by atoms with Crippen LogP contribution in [0.4, 0.5) is 0 Å². The molecule has 0 saturated heterocycles. The fraction of sp³-hybridized carbons (Fsp3) is 1.00. The van der Waals surface area contributed by atoms with Gasteiger partial charge in [-0.25, -0.2) is 0 Å². The van der Waals surface area contributed by atoms with E-state index < -0.39 is 0 Å². The molecule has 0 aliphatic rings. The summed E-state index contributed by atoms with van der Waals surface area (Å²) in [6.07, 6.45) is 2.50. The van der Waals surface area contributed by atoms with Crippen molar-refractivity contribution in [2.75, 3.05) is 0 Å². The third kappa shape index (κ3) is 8.57. The quantitative estimate of drug-likeness (QED) is 0.429. The standard InChI is InChI=1S/C4H9O2Si3/c1-2-3-4-8-6-9-5-7/h2-4H2,1H3. The molecule has 0 aliphatic carbocycles. The molecular formula is C4H9O2Si3. The van der Waals surface area contributed by atoms with E-state index in [4.69, 9.17) is 4.12 Å². The molecule has 0 heterocycles. The molecule has 7 radical (unpaired) electrons. The minimum absolute atomic E-state index is 0.152. The van der Waals surface area contributed by atoms with E-state index in [0.29, 0.717) is 9.76 Å². The van der Waals surface area contributed by atoms with Crippen LogP contribution in [-0.2, 0) is 8.23 Å². The van der Waals surface area contributed by atoms with Crippen LogP contribution in [0.2, 0.25) is 6.04 Å². The Kier molecular flexibility index (Phi) is 9.11. The summed E-state index contributed by atoms with van der Waals surface area (Å²) in [5.74, 6) is 0. The van der Waals surface area contributed by atoms with Crippen LogP contribution < -0.4 is 0 Å². The van der Waals surface area contributed by atoms with E-state index in [1.54, 1.807) is 0 Å². The highest BCUT2D eigenvalue weighted by Gasteiger charge is 1.90. The zero-order valence-electron chi connectivity index (χ0n) is 5.44. The number of rotatable bonds is 6. The van der Waals surface area contributed by atoms with E-state index in [9.17, 15) is 0 Å². The zero-order valence-corrected chi connectivity index (χ0v) is 8.44. The largest absolute Gasteiger partial charge is 0.435 e. The first-order valence-corrected chi connectivity index (χ1v) is 5.22. The van der Waals surface area contributed by atoms with Crippen molar-refractivity contribution in [3.63, 3.8) is 0 Å². The molecule has 49 valence electrons. The summed E-state index contributed by atoms with van der Waals surface area (Å²) in [4.78, 5) is 0. The molecule has 0 fully saturated rings. The highest BCUT2D eigenvalue weighted by atomic mass is 28.3. The molecule has 9 heavy (non-hydrogen) atoms. The van der Waals surface area contributed by atoms with Gasteiger partial charge in [-0.15, -0.1) is 0 Å². The minimum atomic E-state index is 0.152. The lowest BCUT2D eigenvalue weighted by Gasteiger charge is -1.95. The van der Waals surface area contributed by atoms with Crippen molar-refractivity contribution in [2.24, 2.45) is 0 Å². The second-order valence-electron chi connectivity index (χ2n) is 1.54. The van der Waals surface area contributed by atoms with Crippen molar-refractivity contribution in [2.45, 2.75) is 25.8 Å². The highest BCUT2D eigenvalue weighted by molar-refractivity contribution is 6.41. The first-order chi connectivity index (χ1) is 4.41. The third-order valence-corrected chi connectivity index (χ3v) is 2.59. The van der Waals surface area contributed by atoms with Crippen molar-refractivity contribution >= 4 is 30.3 Å². The fourth-order valence-electron chi connectivity index (χ4n) is 0.350. The molecule has 2 nitrogen and oxygen atoms in total. The first kappa shape index (κ1) is 9.57. The third-order valence-electron chi connectivity index (χ3n) is 0.788. The van der Waals surface area contributed by atoms with Gasteiger partial charge in [0.2, 0.25) is 20.2 Å². The molecule has 0 aromatic rings. The predicted molar refractivity (Wildman–Crippen MR) is 39.1 cm³/mol. The predicted octanol–water partition coefficient (Wildman–Crippen LogP) is 0.475. The molecule has 0 aromatic carbocycles. The van der Waals surface area contributed by atoms with Gasteiger partial charge in [0.25, 0.3) is 0 Å². The molecule has 0 rings (SSSR count). The van der Waals surface area contributed by atoms with Gasteiger partial charge in [0.1, 0.15) is 0 Å². The van der Waals surface area contributed by atoms with Crippen LogP contribution in [0.25, 0.3) is 0 Å². The zero-order chi connectivity index (χ0) is 6.95. The molecule has 0 spiro atoms. The van der Waals surface area contributed by atoms with Crippen LogP contribution in [0.5, 0.6) is 0 Å². The van der Waals surface area contributed by atoms with Crippen LogP contribution in [0, 0.1) is 0 Å². The Morgan fingerprint density at radius 1 is 1.56 bits per heavy atom. The van der Waals surface area contributed by atoms with E-state index in [1.807, 2.05) is 0 Å². The number of unbranched alkanes of at least 4 members (excludes halogenated alkanes) is 1. The van der Waals surface area contributed by atoms with Gasteiger partial charge in [-0.2, -0.15) is 0 Å². The first-order valence-electron chi connectivity index (χ1n) is 2.88. The van der Waals surface area contributed by atoms with Crippen molar-refractivity contribution in [3.8, 4) is 0 Å². The monoisotopic (exact) mass is 173 g/mol. The summed E-state index contributed by atoms with van der Waals surface area (Å²) in [6.45, 7) is 2.17. The van der Waals surface area contributed by atoms with Crippen LogP contribution in [0.1, 0.15) is 19.8 Å². The summed E-state index contributed by atoms with van der Waals surface area (Å²) in [5, 5.41) is 0. The molecule has 0 aromatic heterocycles. The van der Waals surface area contributed by atoms with Crippen molar-refractivity contribution in [3.05, 3.63) is 0 Å². The normalized spacial score (nSPS) is 10.0. The van der Waals surface area contributed by atoms with Crippen molar-refractivity contribution < 1.29 is 8.23 Å². The molecule has 0 bridgehead atoms. The fourth-order valence-corrected chi connectivity index (χ4v) is 2.03. The Labute approximate surface area is 64.9 Å². The van der Waals surface area contributed by atoms with E-state index in [0.717, 1.165) is 0 Å². The summed E-state index contributed by atoms with van der Waals surface area (Å²) in [5.41, 5.74) is 0. The van der Waals surface area contributed by atoms with Crippen LogP contribution in [-0.4, -0.2) is 30.3 Å². The Hall–Kier alpha value is 0.571. The van der Waals surface area contributed by atoms with Gasteiger partial charge in [0, 0.05) is 0 Å². The van der Waals surface area contributed by atoms with E-state index in [2.05, 4.69) is 21.5 Å². The van der Waals surface area contributed by atoms with Crippen molar-refractivity contribution in [1.29, 1.82) is 0 Å². The Morgan fingerprint density at radius 2 is 2.33 bits per heavy atom. The van der Waals surface area contributed by atoms with E-state index in [-0.39, 0.29) is 10.0 Å². The maximum absolute atomic E-state index is 5.07. The van der Waals surface area contributed by atoms with Gasteiger partial charge < -0.3 is 8.23 Å². The molecule has 0 saturated carbocycles. The Morgan fingerprint density at radius 3 is 2.89 bits per heavy atom. The minimum Gasteiger partial charge on any atom is -0.435 e. The lowest BCUT2D eigenvalue weighted by Crippen LogP contribution is -2.05. The van der Waals surface area contributed by atoms with Crippen LogP contribution >= 0.6 is 0 Å². The highest BCUT2D eigenvalue weighted by Crippen LogP contribution is 1.92. The molecule has 0 amide bonds. The maximum atomic E-state index is 5.07. The van der Waals surface area contributed by atoms with Gasteiger partial charge in [-0.1, -0.05) is 19.8 Å². The van der Waals surface area contributed by atoms with E-state index in [1.165, 1.54) is 18.9 Å². The molecule has 0 atom stereocenters. The lowest BCUT2D eigenvalue weighted by atomic mass is 10.4. The Balaban J connectivity index is 2.60. The SMILES string of the molecule is CCCC[Si]O[Si]O[Si]. The molecule has 0 aliphatic heterocycles. The van der Waals surface area contributed by atoms with Crippen LogP contribution in [0.15, 0.2) is 0 Å². The number of hydrogen-bond acceptors (Lipinski definition) is 2. The summed E-state index contributed by atoms with van der Waals surface area (Å²) >= 11 is 0. The summed E-state index contributed by atoms with van der Waals surface area (Å²) in [7, 11) is 3.61. The van der Waals surface area contributed by atoms with Gasteiger partial charge >= 0.3 is 10.0 Å². The summed E-state index contributed by atoms with van der Waals surface area (Å²) in [6, 6.07) is 1.17. The molecule has 5 heteroatoms. The summed E-state index contributed by atoms with van der Waals surface area (Å²) < 4.78 is 9.61. The topological polar surface area (TPSA) is 18.5 Å².